The number of aryl methyl sites for hydroxylation is 1. The van der Waals surface area contributed by atoms with Crippen LogP contribution in [0.2, 0.25) is 0 Å². The summed E-state index contributed by atoms with van der Waals surface area (Å²) < 4.78 is 5.35. The van der Waals surface area contributed by atoms with E-state index in [1.54, 1.807) is 44.4 Å². The van der Waals surface area contributed by atoms with Crippen LogP contribution in [0.25, 0.3) is 0 Å². The highest BCUT2D eigenvalue weighted by Gasteiger charge is 2.47. The summed E-state index contributed by atoms with van der Waals surface area (Å²) in [5.41, 5.74) is 1.74. The number of likely N-dealkylation sites (N-methyl/N-ethyl adjacent to an activating group) is 1. The van der Waals surface area contributed by atoms with E-state index in [1.165, 1.54) is 17.5 Å². The molecule has 0 aromatic heterocycles. The second-order valence-electron chi connectivity index (χ2n) is 11.1. The summed E-state index contributed by atoms with van der Waals surface area (Å²) in [7, 11) is 1.50. The van der Waals surface area contributed by atoms with Gasteiger partial charge in [-0.05, 0) is 70.9 Å². The Morgan fingerprint density at radius 1 is 1.11 bits per heavy atom. The minimum absolute atomic E-state index is 0.0545. The second-order valence-corrected chi connectivity index (χ2v) is 12.3. The number of piperidine rings is 1. The number of carbonyl (C=O) groups is 4. The Morgan fingerprint density at radius 3 is 2.57 bits per heavy atom. The lowest BCUT2D eigenvalue weighted by Gasteiger charge is -2.38. The average Bonchev–Trinajstić information content (AvgIpc) is 3.29. The van der Waals surface area contributed by atoms with Crippen LogP contribution < -0.4 is 10.6 Å². The van der Waals surface area contributed by atoms with Crippen molar-refractivity contribution in [3.63, 3.8) is 0 Å². The van der Waals surface area contributed by atoms with Crippen molar-refractivity contribution in [3.8, 4) is 0 Å². The molecule has 3 aliphatic rings. The van der Waals surface area contributed by atoms with Gasteiger partial charge in [-0.3, -0.25) is 19.3 Å². The van der Waals surface area contributed by atoms with E-state index in [0.717, 1.165) is 24.8 Å². The molecule has 2 heterocycles. The standard InChI is InChI=1S/C27H38N4O5S/c1-16(30(5)26(35)36-27(2,3)4)23(32)29-20-13-14-22-31(25(20)34)21(15-37-22)24(33)28-19-12-8-10-17-9-6-7-11-18(17)19/h6-7,9,11,16,19-22H,8,10,12-15H2,1-5H3,(H,28,33)(H,29,32). The molecule has 0 spiro atoms. The van der Waals surface area contributed by atoms with Crippen molar-refractivity contribution in [2.45, 2.75) is 94.9 Å². The quantitative estimate of drug-likeness (QED) is 0.606. The van der Waals surface area contributed by atoms with E-state index >= 15 is 0 Å². The third-order valence-electron chi connectivity index (χ3n) is 7.29. The average molecular weight is 531 g/mol. The third kappa shape index (κ3) is 6.05. The molecular formula is C27H38N4O5S. The lowest BCUT2D eigenvalue weighted by atomic mass is 9.87. The maximum absolute atomic E-state index is 13.5. The largest absolute Gasteiger partial charge is 0.444 e. The van der Waals surface area contributed by atoms with E-state index in [2.05, 4.69) is 22.8 Å². The number of fused-ring (bicyclic) bond motifs is 2. The molecule has 4 amide bonds. The number of nitrogens with zero attached hydrogens (tertiary/aromatic N) is 2. The van der Waals surface area contributed by atoms with Crippen LogP contribution in [-0.2, 0) is 25.5 Å². The molecule has 4 rings (SSSR count). The van der Waals surface area contributed by atoms with Gasteiger partial charge in [0.2, 0.25) is 17.7 Å². The number of amides is 4. The summed E-state index contributed by atoms with van der Waals surface area (Å²) >= 11 is 1.62. The van der Waals surface area contributed by atoms with Crippen molar-refractivity contribution in [1.29, 1.82) is 0 Å². The molecule has 9 nitrogen and oxygen atoms in total. The normalized spacial score (nSPS) is 26.0. The Labute approximate surface area is 223 Å². The summed E-state index contributed by atoms with van der Waals surface area (Å²) in [6.07, 6.45) is 3.47. The zero-order valence-electron chi connectivity index (χ0n) is 22.3. The van der Waals surface area contributed by atoms with Crippen LogP contribution in [0.3, 0.4) is 0 Å². The first-order valence-electron chi connectivity index (χ1n) is 13.0. The Kier molecular flexibility index (Phi) is 8.06. The fourth-order valence-electron chi connectivity index (χ4n) is 5.16. The highest BCUT2D eigenvalue weighted by molar-refractivity contribution is 8.00. The highest BCUT2D eigenvalue weighted by Crippen LogP contribution is 2.37. The van der Waals surface area contributed by atoms with Gasteiger partial charge >= 0.3 is 6.09 Å². The summed E-state index contributed by atoms with van der Waals surface area (Å²) in [6.45, 7) is 6.87. The van der Waals surface area contributed by atoms with Crippen molar-refractivity contribution >= 4 is 35.6 Å². The smallest absolute Gasteiger partial charge is 0.410 e. The van der Waals surface area contributed by atoms with Gasteiger partial charge in [0.05, 0.1) is 11.4 Å². The predicted molar refractivity (Wildman–Crippen MR) is 142 cm³/mol. The summed E-state index contributed by atoms with van der Waals surface area (Å²) in [4.78, 5) is 55.0. The van der Waals surface area contributed by atoms with Gasteiger partial charge in [-0.1, -0.05) is 24.3 Å². The van der Waals surface area contributed by atoms with Gasteiger partial charge in [0.25, 0.3) is 0 Å². The molecular weight excluding hydrogens is 492 g/mol. The maximum atomic E-state index is 13.5. The zero-order valence-corrected chi connectivity index (χ0v) is 23.1. The molecule has 5 atom stereocenters. The molecule has 2 fully saturated rings. The van der Waals surface area contributed by atoms with Gasteiger partial charge < -0.3 is 20.3 Å². The van der Waals surface area contributed by atoms with Crippen molar-refractivity contribution in [1.82, 2.24) is 20.4 Å². The molecule has 10 heteroatoms. The maximum Gasteiger partial charge on any atom is 0.410 e. The minimum atomic E-state index is -0.821. The fraction of sp³-hybridized carbons (Fsp3) is 0.630. The van der Waals surface area contributed by atoms with Gasteiger partial charge in [-0.2, -0.15) is 0 Å². The molecule has 1 aliphatic carbocycles. The number of thioether (sulfide) groups is 1. The number of rotatable bonds is 5. The summed E-state index contributed by atoms with van der Waals surface area (Å²) in [5.74, 6) is -0.285. The number of carbonyl (C=O) groups excluding carboxylic acids is 4. The first kappa shape index (κ1) is 27.3. The zero-order chi connectivity index (χ0) is 26.9. The number of nitrogens with one attached hydrogen (secondary N) is 2. The van der Waals surface area contributed by atoms with Crippen LogP contribution in [0.15, 0.2) is 24.3 Å². The molecule has 37 heavy (non-hydrogen) atoms. The van der Waals surface area contributed by atoms with Crippen LogP contribution in [0.1, 0.15) is 70.5 Å². The van der Waals surface area contributed by atoms with Gasteiger partial charge in [0.1, 0.15) is 23.7 Å². The molecule has 1 aromatic rings. The first-order chi connectivity index (χ1) is 17.5. The van der Waals surface area contributed by atoms with Crippen LogP contribution >= 0.6 is 11.8 Å². The predicted octanol–water partition coefficient (Wildman–Crippen LogP) is 2.98. The van der Waals surface area contributed by atoms with Crippen LogP contribution in [0, 0.1) is 0 Å². The van der Waals surface area contributed by atoms with Crippen molar-refractivity contribution in [2.24, 2.45) is 0 Å². The molecule has 2 saturated heterocycles. The first-order valence-corrected chi connectivity index (χ1v) is 14.1. The van der Waals surface area contributed by atoms with Gasteiger partial charge in [-0.15, -0.1) is 11.8 Å². The SMILES string of the molecule is CC(C(=O)NC1CCC2SCC(C(=O)NC3CCCc4ccccc43)N2C1=O)N(C)C(=O)OC(C)(C)C. The van der Waals surface area contributed by atoms with E-state index in [9.17, 15) is 19.2 Å². The number of hydrogen-bond acceptors (Lipinski definition) is 6. The molecule has 2 aliphatic heterocycles. The van der Waals surface area contributed by atoms with Crippen molar-refractivity contribution in [3.05, 3.63) is 35.4 Å². The van der Waals surface area contributed by atoms with E-state index in [0.29, 0.717) is 18.6 Å². The van der Waals surface area contributed by atoms with Gasteiger partial charge in [-0.25, -0.2) is 4.79 Å². The molecule has 5 unspecified atom stereocenters. The fourth-order valence-corrected chi connectivity index (χ4v) is 6.59. The molecule has 0 saturated carbocycles. The Morgan fingerprint density at radius 2 is 1.84 bits per heavy atom. The monoisotopic (exact) mass is 530 g/mol. The van der Waals surface area contributed by atoms with Crippen LogP contribution in [0.4, 0.5) is 4.79 Å². The minimum Gasteiger partial charge on any atom is -0.444 e. The molecule has 0 radical (unpaired) electrons. The van der Waals surface area contributed by atoms with Crippen molar-refractivity contribution in [2.75, 3.05) is 12.8 Å². The molecule has 202 valence electrons. The van der Waals surface area contributed by atoms with Gasteiger partial charge in [0.15, 0.2) is 0 Å². The highest BCUT2D eigenvalue weighted by atomic mass is 32.2. The van der Waals surface area contributed by atoms with E-state index in [1.807, 2.05) is 12.1 Å². The van der Waals surface area contributed by atoms with Crippen LogP contribution in [0.5, 0.6) is 0 Å². The molecule has 2 N–H and O–H groups in total. The number of ether oxygens (including phenoxy) is 1. The third-order valence-corrected chi connectivity index (χ3v) is 8.65. The number of hydrogen-bond donors (Lipinski definition) is 2. The lowest BCUT2D eigenvalue weighted by Crippen LogP contribution is -2.60. The topological polar surface area (TPSA) is 108 Å². The Hall–Kier alpha value is -2.75. The van der Waals surface area contributed by atoms with Crippen molar-refractivity contribution < 1.29 is 23.9 Å². The Balaban J connectivity index is 1.39. The molecule has 1 aromatic carbocycles. The van der Waals surface area contributed by atoms with Crippen LogP contribution in [-0.4, -0.2) is 75.5 Å². The summed E-state index contributed by atoms with van der Waals surface area (Å²) in [5, 5.41) is 5.94. The summed E-state index contributed by atoms with van der Waals surface area (Å²) in [6, 6.07) is 6.01. The molecule has 0 bridgehead atoms. The van der Waals surface area contributed by atoms with Gasteiger partial charge in [0, 0.05) is 12.8 Å². The second kappa shape index (κ2) is 10.9. The lowest BCUT2D eigenvalue weighted by molar-refractivity contribution is -0.145. The number of benzene rings is 1. The van der Waals surface area contributed by atoms with E-state index < -0.39 is 35.7 Å². The van der Waals surface area contributed by atoms with E-state index in [4.69, 9.17) is 4.74 Å². The Bertz CT molecular complexity index is 1060. The van der Waals surface area contributed by atoms with E-state index in [-0.39, 0.29) is 23.2 Å².